The van der Waals surface area contributed by atoms with Crippen LogP contribution >= 0.6 is 11.6 Å². The number of nitrogens with one attached hydrogen (secondary N) is 1. The van der Waals surface area contributed by atoms with Gasteiger partial charge in [0, 0.05) is 29.7 Å². The topological polar surface area (TPSA) is 34.0 Å². The van der Waals surface area contributed by atoms with E-state index < -0.39 is 11.7 Å². The number of ketones is 1. The van der Waals surface area contributed by atoms with Crippen LogP contribution in [0.2, 0.25) is 5.02 Å². The fourth-order valence-electron chi connectivity index (χ4n) is 2.27. The summed E-state index contributed by atoms with van der Waals surface area (Å²) in [6.45, 7) is 3.61. The van der Waals surface area contributed by atoms with Crippen molar-refractivity contribution in [3.63, 3.8) is 0 Å². The van der Waals surface area contributed by atoms with Crippen LogP contribution < -0.4 is 5.32 Å². The Labute approximate surface area is 137 Å². The van der Waals surface area contributed by atoms with Crippen molar-refractivity contribution in [2.45, 2.75) is 20.0 Å². The van der Waals surface area contributed by atoms with Gasteiger partial charge in [0.2, 0.25) is 0 Å². The Morgan fingerprint density at radius 2 is 1.91 bits per heavy atom. The summed E-state index contributed by atoms with van der Waals surface area (Å²) in [5.74, 6) is -0.185. The second kappa shape index (κ2) is 6.28. The minimum Gasteiger partial charge on any atom is -0.378 e. The number of alkyl halides is 3. The fraction of sp³-hybridized carbons (Fsp3) is 0.312. The van der Waals surface area contributed by atoms with Crippen LogP contribution in [0.1, 0.15) is 27.3 Å². The third-order valence-corrected chi connectivity index (χ3v) is 4.13. The highest BCUT2D eigenvalue weighted by Gasteiger charge is 2.33. The monoisotopic (exact) mass is 344 g/mol. The summed E-state index contributed by atoms with van der Waals surface area (Å²) in [5, 5.41) is 2.35. The predicted molar refractivity (Wildman–Crippen MR) is 84.2 cm³/mol. The van der Waals surface area contributed by atoms with Gasteiger partial charge in [-0.1, -0.05) is 11.6 Å². The Hall–Kier alpha value is -1.95. The summed E-state index contributed by atoms with van der Waals surface area (Å²) in [6, 6.07) is 5.24. The first-order valence-corrected chi connectivity index (χ1v) is 7.25. The van der Waals surface area contributed by atoms with E-state index in [-0.39, 0.29) is 23.0 Å². The number of carbonyl (C=O) groups excluding carboxylic acids is 1. The van der Waals surface area contributed by atoms with Gasteiger partial charge in [-0.25, -0.2) is 0 Å². The van der Waals surface area contributed by atoms with Crippen molar-refractivity contribution in [1.82, 2.24) is 4.57 Å². The Morgan fingerprint density at radius 1 is 1.26 bits per heavy atom. The van der Waals surface area contributed by atoms with E-state index in [0.29, 0.717) is 5.56 Å². The maximum Gasteiger partial charge on any atom is 0.417 e. The molecule has 3 nitrogen and oxygen atoms in total. The van der Waals surface area contributed by atoms with Gasteiger partial charge in [-0.3, -0.25) is 4.79 Å². The Bertz CT molecular complexity index is 751. The molecule has 0 fully saturated rings. The van der Waals surface area contributed by atoms with E-state index in [1.165, 1.54) is 6.07 Å². The number of hydrogen-bond acceptors (Lipinski definition) is 2. The molecule has 0 aliphatic rings. The molecule has 0 saturated heterocycles. The summed E-state index contributed by atoms with van der Waals surface area (Å²) in [4.78, 5) is 12.2. The smallest absolute Gasteiger partial charge is 0.378 e. The number of benzene rings is 1. The van der Waals surface area contributed by atoms with Crippen molar-refractivity contribution in [3.8, 4) is 0 Å². The third kappa shape index (κ3) is 3.69. The third-order valence-electron chi connectivity index (χ3n) is 3.80. The molecule has 2 aromatic rings. The zero-order valence-corrected chi connectivity index (χ0v) is 13.6. The van der Waals surface area contributed by atoms with Crippen LogP contribution in [0.3, 0.4) is 0 Å². The highest BCUT2D eigenvalue weighted by molar-refractivity contribution is 6.31. The molecule has 0 spiro atoms. The van der Waals surface area contributed by atoms with Crippen LogP contribution in [0.4, 0.5) is 18.9 Å². The summed E-state index contributed by atoms with van der Waals surface area (Å²) in [5.41, 5.74) is 1.59. The predicted octanol–water partition coefficient (Wildman–Crippen LogP) is 4.61. The lowest BCUT2D eigenvalue weighted by Crippen LogP contribution is -2.15. The van der Waals surface area contributed by atoms with E-state index in [1.54, 1.807) is 6.07 Å². The number of aromatic nitrogens is 1. The largest absolute Gasteiger partial charge is 0.417 e. The minimum atomic E-state index is -4.54. The lowest BCUT2D eigenvalue weighted by molar-refractivity contribution is -0.137. The molecule has 23 heavy (non-hydrogen) atoms. The van der Waals surface area contributed by atoms with Crippen LogP contribution in [0.15, 0.2) is 24.3 Å². The van der Waals surface area contributed by atoms with Crippen LogP contribution in [-0.4, -0.2) is 16.9 Å². The number of halogens is 4. The molecule has 0 aliphatic carbocycles. The molecule has 1 aromatic heterocycles. The van der Waals surface area contributed by atoms with Gasteiger partial charge in [0.1, 0.15) is 0 Å². The highest BCUT2D eigenvalue weighted by Crippen LogP contribution is 2.36. The summed E-state index contributed by atoms with van der Waals surface area (Å²) in [6.07, 6.45) is -4.54. The summed E-state index contributed by atoms with van der Waals surface area (Å²) < 4.78 is 40.3. The molecule has 0 saturated carbocycles. The normalized spacial score (nSPS) is 11.6. The van der Waals surface area contributed by atoms with E-state index in [1.807, 2.05) is 25.5 Å². The molecule has 0 atom stereocenters. The first-order chi connectivity index (χ1) is 10.6. The zero-order valence-electron chi connectivity index (χ0n) is 12.9. The van der Waals surface area contributed by atoms with E-state index in [2.05, 4.69) is 5.32 Å². The van der Waals surface area contributed by atoms with Crippen molar-refractivity contribution >= 4 is 23.1 Å². The first kappa shape index (κ1) is 17.4. The Balaban J connectivity index is 2.15. The number of aryl methyl sites for hydroxylation is 1. The van der Waals surface area contributed by atoms with Crippen LogP contribution in [0.5, 0.6) is 0 Å². The molecule has 0 unspecified atom stereocenters. The molecule has 1 N–H and O–H groups in total. The van der Waals surface area contributed by atoms with Gasteiger partial charge in [0.25, 0.3) is 0 Å². The standard InChI is InChI=1S/C16H16ClF3N2O/c1-9-6-12(10(2)22(9)3)15(23)8-21-11-4-5-14(17)13(7-11)16(18,19)20/h4-7,21H,8H2,1-3H3. The molecule has 7 heteroatoms. The van der Waals surface area contributed by atoms with E-state index in [9.17, 15) is 18.0 Å². The molecule has 1 heterocycles. The number of anilines is 1. The molecule has 124 valence electrons. The maximum atomic E-state index is 12.8. The van der Waals surface area contributed by atoms with Crippen LogP contribution in [-0.2, 0) is 13.2 Å². The fourth-order valence-corrected chi connectivity index (χ4v) is 2.49. The SMILES string of the molecule is Cc1cc(C(=O)CNc2ccc(Cl)c(C(F)(F)F)c2)c(C)n1C. The molecule has 0 bridgehead atoms. The van der Waals surface area contributed by atoms with Gasteiger partial charge in [-0.2, -0.15) is 13.2 Å². The van der Waals surface area contributed by atoms with Crippen molar-refractivity contribution in [2.24, 2.45) is 7.05 Å². The quantitative estimate of drug-likeness (QED) is 0.822. The van der Waals surface area contributed by atoms with Crippen molar-refractivity contribution in [1.29, 1.82) is 0 Å². The van der Waals surface area contributed by atoms with E-state index in [0.717, 1.165) is 23.5 Å². The van der Waals surface area contributed by atoms with Crippen molar-refractivity contribution in [2.75, 3.05) is 11.9 Å². The van der Waals surface area contributed by atoms with Crippen LogP contribution in [0, 0.1) is 13.8 Å². The van der Waals surface area contributed by atoms with Crippen molar-refractivity contribution in [3.05, 3.63) is 51.8 Å². The van der Waals surface area contributed by atoms with E-state index in [4.69, 9.17) is 11.6 Å². The summed E-state index contributed by atoms with van der Waals surface area (Å²) >= 11 is 5.56. The molecule has 1 aromatic carbocycles. The van der Waals surface area contributed by atoms with Gasteiger partial charge in [-0.15, -0.1) is 0 Å². The van der Waals surface area contributed by atoms with Gasteiger partial charge < -0.3 is 9.88 Å². The molecule has 0 aliphatic heterocycles. The average Bonchev–Trinajstić information content (AvgIpc) is 2.72. The molecule has 0 amide bonds. The number of Topliss-reactive ketones (excluding diaryl/α,β-unsaturated/α-hetero) is 1. The van der Waals surface area contributed by atoms with Gasteiger partial charge in [0.15, 0.2) is 5.78 Å². The van der Waals surface area contributed by atoms with Gasteiger partial charge in [0.05, 0.1) is 17.1 Å². The zero-order chi connectivity index (χ0) is 17.4. The Morgan fingerprint density at radius 3 is 2.43 bits per heavy atom. The number of nitrogens with zero attached hydrogens (tertiary/aromatic N) is 1. The lowest BCUT2D eigenvalue weighted by atomic mass is 10.1. The van der Waals surface area contributed by atoms with Gasteiger partial charge >= 0.3 is 6.18 Å². The molecular weight excluding hydrogens is 329 g/mol. The molecule has 2 rings (SSSR count). The van der Waals surface area contributed by atoms with Crippen LogP contribution in [0.25, 0.3) is 0 Å². The molecular formula is C16H16ClF3N2O. The lowest BCUT2D eigenvalue weighted by Gasteiger charge is -2.12. The number of hydrogen-bond donors (Lipinski definition) is 1. The van der Waals surface area contributed by atoms with Gasteiger partial charge in [-0.05, 0) is 38.1 Å². The van der Waals surface area contributed by atoms with E-state index >= 15 is 0 Å². The van der Waals surface area contributed by atoms with Crippen molar-refractivity contribution < 1.29 is 18.0 Å². The summed E-state index contributed by atoms with van der Waals surface area (Å²) in [7, 11) is 1.85. The molecule has 0 radical (unpaired) electrons. The minimum absolute atomic E-state index is 0.0940. The first-order valence-electron chi connectivity index (χ1n) is 6.88. The highest BCUT2D eigenvalue weighted by atomic mass is 35.5. The Kier molecular flexibility index (Phi) is 4.75. The average molecular weight is 345 g/mol. The number of rotatable bonds is 4. The second-order valence-electron chi connectivity index (χ2n) is 5.31. The second-order valence-corrected chi connectivity index (χ2v) is 5.72. The number of carbonyl (C=O) groups is 1. The maximum absolute atomic E-state index is 12.8.